The van der Waals surface area contributed by atoms with Crippen molar-refractivity contribution in [2.45, 2.75) is 19.9 Å². The summed E-state index contributed by atoms with van der Waals surface area (Å²) in [6, 6.07) is 5.92. The first kappa shape index (κ1) is 11.9. The molecule has 3 rings (SSSR count). The van der Waals surface area contributed by atoms with Gasteiger partial charge in [0.05, 0.1) is 31.8 Å². The molecule has 2 heterocycles. The van der Waals surface area contributed by atoms with Crippen molar-refractivity contribution in [1.29, 1.82) is 0 Å². The Morgan fingerprint density at radius 3 is 2.89 bits per heavy atom. The van der Waals surface area contributed by atoms with Gasteiger partial charge in [0.15, 0.2) is 11.5 Å². The summed E-state index contributed by atoms with van der Waals surface area (Å²) >= 11 is 0. The molecule has 0 unspecified atom stereocenters. The number of nitrogens with zero attached hydrogens (tertiary/aromatic N) is 1. The molecule has 5 nitrogen and oxygen atoms in total. The van der Waals surface area contributed by atoms with Gasteiger partial charge in [0, 0.05) is 23.9 Å². The van der Waals surface area contributed by atoms with Gasteiger partial charge in [0.1, 0.15) is 0 Å². The van der Waals surface area contributed by atoms with E-state index >= 15 is 0 Å². The Hall–Kier alpha value is -2.17. The molecule has 1 aromatic heterocycles. The number of nitrogens with one attached hydrogen (secondary N) is 2. The normalized spacial score (nSPS) is 13.9. The number of aromatic nitrogens is 2. The van der Waals surface area contributed by atoms with Crippen molar-refractivity contribution in [2.75, 3.05) is 18.5 Å². The maximum Gasteiger partial charge on any atom is 0.163 e. The van der Waals surface area contributed by atoms with Gasteiger partial charge in [-0.25, -0.2) is 4.98 Å². The molecule has 0 spiro atoms. The van der Waals surface area contributed by atoms with Crippen LogP contribution < -0.4 is 14.8 Å². The van der Waals surface area contributed by atoms with Gasteiger partial charge in [0.2, 0.25) is 0 Å². The molecule has 0 aliphatic carbocycles. The van der Waals surface area contributed by atoms with E-state index in [2.05, 4.69) is 15.3 Å². The molecule has 0 amide bonds. The van der Waals surface area contributed by atoms with Gasteiger partial charge >= 0.3 is 0 Å². The maximum absolute atomic E-state index is 5.66. The Bertz CT molecular complexity index is 566. The lowest BCUT2D eigenvalue weighted by atomic mass is 10.2. The van der Waals surface area contributed by atoms with Gasteiger partial charge < -0.3 is 19.8 Å². The predicted octanol–water partition coefficient (Wildman–Crippen LogP) is 2.49. The zero-order chi connectivity index (χ0) is 13.1. The Morgan fingerprint density at radius 2 is 2.11 bits per heavy atom. The van der Waals surface area contributed by atoms with Crippen LogP contribution in [0.1, 0.15) is 17.8 Å². The van der Waals surface area contributed by atoms with Crippen LogP contribution in [0.25, 0.3) is 0 Å². The molecule has 0 radical (unpaired) electrons. The third-order valence-electron chi connectivity index (χ3n) is 3.14. The fourth-order valence-electron chi connectivity index (χ4n) is 2.02. The van der Waals surface area contributed by atoms with E-state index in [1.807, 2.05) is 25.1 Å². The Kier molecular flexibility index (Phi) is 3.27. The first-order valence-corrected chi connectivity index (χ1v) is 6.45. The number of hydrogen-bond donors (Lipinski definition) is 2. The average Bonchev–Trinajstić information content (AvgIpc) is 2.70. The summed E-state index contributed by atoms with van der Waals surface area (Å²) < 4.78 is 11.3. The zero-order valence-electron chi connectivity index (χ0n) is 10.9. The number of imidazole rings is 1. The number of rotatable bonds is 3. The SMILES string of the molecule is Cc1[nH]cnc1CNc1ccc2c(c1)OCCCO2. The lowest BCUT2D eigenvalue weighted by Gasteiger charge is -2.10. The highest BCUT2D eigenvalue weighted by Gasteiger charge is 2.10. The summed E-state index contributed by atoms with van der Waals surface area (Å²) in [5.74, 6) is 1.63. The molecule has 100 valence electrons. The van der Waals surface area contributed by atoms with E-state index < -0.39 is 0 Å². The van der Waals surface area contributed by atoms with E-state index in [1.165, 1.54) is 0 Å². The van der Waals surface area contributed by atoms with E-state index in [1.54, 1.807) is 6.33 Å². The Morgan fingerprint density at radius 1 is 1.26 bits per heavy atom. The highest BCUT2D eigenvalue weighted by Crippen LogP contribution is 2.32. The molecule has 19 heavy (non-hydrogen) atoms. The van der Waals surface area contributed by atoms with E-state index in [0.29, 0.717) is 19.8 Å². The maximum atomic E-state index is 5.66. The topological polar surface area (TPSA) is 59.2 Å². The van der Waals surface area contributed by atoms with Crippen LogP contribution in [0.5, 0.6) is 11.5 Å². The lowest BCUT2D eigenvalue weighted by molar-refractivity contribution is 0.297. The van der Waals surface area contributed by atoms with Crippen molar-refractivity contribution in [3.05, 3.63) is 35.9 Å². The first-order valence-electron chi connectivity index (χ1n) is 6.45. The van der Waals surface area contributed by atoms with Crippen molar-refractivity contribution >= 4 is 5.69 Å². The van der Waals surface area contributed by atoms with Crippen molar-refractivity contribution in [3.8, 4) is 11.5 Å². The molecule has 2 N–H and O–H groups in total. The monoisotopic (exact) mass is 259 g/mol. The van der Waals surface area contributed by atoms with Gasteiger partial charge in [-0.3, -0.25) is 0 Å². The minimum absolute atomic E-state index is 0.689. The van der Waals surface area contributed by atoms with Gasteiger partial charge in [-0.05, 0) is 19.1 Å². The molecule has 0 fully saturated rings. The molecular weight excluding hydrogens is 242 g/mol. The molecule has 0 atom stereocenters. The second kappa shape index (κ2) is 5.22. The van der Waals surface area contributed by atoms with Gasteiger partial charge in [0.25, 0.3) is 0 Å². The summed E-state index contributed by atoms with van der Waals surface area (Å²) in [5.41, 5.74) is 3.11. The van der Waals surface area contributed by atoms with Crippen LogP contribution in [0.4, 0.5) is 5.69 Å². The van der Waals surface area contributed by atoms with Gasteiger partial charge in [-0.15, -0.1) is 0 Å². The number of anilines is 1. The van der Waals surface area contributed by atoms with Crippen LogP contribution in [-0.4, -0.2) is 23.2 Å². The Balaban J connectivity index is 1.72. The predicted molar refractivity (Wildman–Crippen MR) is 72.7 cm³/mol. The second-order valence-corrected chi connectivity index (χ2v) is 4.54. The summed E-state index contributed by atoms with van der Waals surface area (Å²) in [6.45, 7) is 4.12. The van der Waals surface area contributed by atoms with Gasteiger partial charge in [-0.2, -0.15) is 0 Å². The van der Waals surface area contributed by atoms with Crippen molar-refractivity contribution in [2.24, 2.45) is 0 Å². The number of ether oxygens (including phenoxy) is 2. The van der Waals surface area contributed by atoms with Gasteiger partial charge in [-0.1, -0.05) is 0 Å². The van der Waals surface area contributed by atoms with Crippen molar-refractivity contribution in [1.82, 2.24) is 9.97 Å². The fourth-order valence-corrected chi connectivity index (χ4v) is 2.02. The van der Waals surface area contributed by atoms with E-state index in [0.717, 1.165) is 35.0 Å². The highest BCUT2D eigenvalue weighted by molar-refractivity contribution is 5.55. The molecule has 2 aromatic rings. The molecular formula is C14H17N3O2. The zero-order valence-corrected chi connectivity index (χ0v) is 10.9. The van der Waals surface area contributed by atoms with Crippen molar-refractivity contribution in [3.63, 3.8) is 0 Å². The standard InChI is InChI=1S/C14H17N3O2/c1-10-12(17-9-16-10)8-15-11-3-4-13-14(7-11)19-6-2-5-18-13/h3-4,7,9,15H,2,5-6,8H2,1H3,(H,16,17). The number of benzene rings is 1. The largest absolute Gasteiger partial charge is 0.490 e. The fraction of sp³-hybridized carbons (Fsp3) is 0.357. The van der Waals surface area contributed by atoms with Crippen LogP contribution in [0.3, 0.4) is 0 Å². The number of fused-ring (bicyclic) bond motifs is 1. The van der Waals surface area contributed by atoms with Crippen LogP contribution in [0.2, 0.25) is 0 Å². The summed E-state index contributed by atoms with van der Waals surface area (Å²) in [6.07, 6.45) is 2.63. The molecule has 1 aliphatic rings. The number of aryl methyl sites for hydroxylation is 1. The molecule has 1 aromatic carbocycles. The molecule has 0 saturated carbocycles. The third-order valence-corrected chi connectivity index (χ3v) is 3.14. The van der Waals surface area contributed by atoms with Crippen LogP contribution in [0, 0.1) is 6.92 Å². The van der Waals surface area contributed by atoms with E-state index in [9.17, 15) is 0 Å². The lowest BCUT2D eigenvalue weighted by Crippen LogP contribution is -2.02. The number of hydrogen-bond acceptors (Lipinski definition) is 4. The minimum atomic E-state index is 0.689. The van der Waals surface area contributed by atoms with Crippen LogP contribution >= 0.6 is 0 Å². The minimum Gasteiger partial charge on any atom is -0.490 e. The second-order valence-electron chi connectivity index (χ2n) is 4.54. The number of aromatic amines is 1. The summed E-state index contributed by atoms with van der Waals surface area (Å²) in [4.78, 5) is 7.33. The number of H-pyrrole nitrogens is 1. The van der Waals surface area contributed by atoms with E-state index in [4.69, 9.17) is 9.47 Å². The van der Waals surface area contributed by atoms with Crippen LogP contribution in [0.15, 0.2) is 24.5 Å². The van der Waals surface area contributed by atoms with E-state index in [-0.39, 0.29) is 0 Å². The van der Waals surface area contributed by atoms with Crippen LogP contribution in [-0.2, 0) is 6.54 Å². The molecule has 1 aliphatic heterocycles. The Labute approximate surface area is 112 Å². The van der Waals surface area contributed by atoms with Crippen molar-refractivity contribution < 1.29 is 9.47 Å². The molecule has 5 heteroatoms. The third kappa shape index (κ3) is 2.65. The summed E-state index contributed by atoms with van der Waals surface area (Å²) in [5, 5.41) is 3.34. The average molecular weight is 259 g/mol. The molecule has 0 bridgehead atoms. The molecule has 0 saturated heterocycles. The smallest absolute Gasteiger partial charge is 0.163 e. The quantitative estimate of drug-likeness (QED) is 0.889. The first-order chi connectivity index (χ1) is 9.33. The summed E-state index contributed by atoms with van der Waals surface area (Å²) in [7, 11) is 0. The highest BCUT2D eigenvalue weighted by atomic mass is 16.5.